The van der Waals surface area contributed by atoms with Crippen LogP contribution >= 0.6 is 0 Å². The summed E-state index contributed by atoms with van der Waals surface area (Å²) in [6.07, 6.45) is 4.44. The number of phenols is 1. The van der Waals surface area contributed by atoms with E-state index in [1.807, 2.05) is 25.1 Å². The maximum absolute atomic E-state index is 9.88. The van der Waals surface area contributed by atoms with Crippen LogP contribution in [-0.2, 0) is 6.54 Å². The van der Waals surface area contributed by atoms with Crippen LogP contribution in [0.3, 0.4) is 0 Å². The molecule has 4 heteroatoms. The fraction of sp³-hybridized carbons (Fsp3) is 0.333. The van der Waals surface area contributed by atoms with Gasteiger partial charge in [-0.1, -0.05) is 25.1 Å². The first kappa shape index (κ1) is 13.5. The van der Waals surface area contributed by atoms with Crippen molar-refractivity contribution in [2.45, 2.75) is 32.9 Å². The van der Waals surface area contributed by atoms with Gasteiger partial charge >= 0.3 is 0 Å². The van der Waals surface area contributed by atoms with Crippen LogP contribution in [0.25, 0.3) is 0 Å². The Labute approximate surface area is 113 Å². The second-order valence-electron chi connectivity index (χ2n) is 4.55. The first-order valence-corrected chi connectivity index (χ1v) is 6.49. The zero-order chi connectivity index (χ0) is 13.7. The average molecular weight is 257 g/mol. The van der Waals surface area contributed by atoms with Gasteiger partial charge in [0.05, 0.1) is 11.4 Å². The number of benzene rings is 1. The molecule has 1 atom stereocenters. The predicted molar refractivity (Wildman–Crippen MR) is 74.7 cm³/mol. The standard InChI is InChI=1S/C15H19N3O/c1-3-14(13-6-4-5-7-15(13)19)18-10-12-9-16-11(2)8-17-12/h4-9,14,18-19H,3,10H2,1-2H3. The molecule has 4 nitrogen and oxygen atoms in total. The van der Waals surface area contributed by atoms with Crippen molar-refractivity contribution < 1.29 is 5.11 Å². The predicted octanol–water partition coefficient (Wildman–Crippen LogP) is 2.73. The average Bonchev–Trinajstić information content (AvgIpc) is 2.43. The Balaban J connectivity index is 2.04. The van der Waals surface area contributed by atoms with Crippen LogP contribution in [0.5, 0.6) is 5.75 Å². The number of para-hydroxylation sites is 1. The maximum Gasteiger partial charge on any atom is 0.120 e. The molecule has 0 bridgehead atoms. The molecule has 1 heterocycles. The topological polar surface area (TPSA) is 58.0 Å². The minimum atomic E-state index is 0.115. The van der Waals surface area contributed by atoms with Crippen LogP contribution in [0.15, 0.2) is 36.7 Å². The Hall–Kier alpha value is -1.94. The minimum absolute atomic E-state index is 0.115. The fourth-order valence-corrected chi connectivity index (χ4v) is 1.99. The summed E-state index contributed by atoms with van der Waals surface area (Å²) in [4.78, 5) is 8.53. The number of phenolic OH excluding ortho intramolecular Hbond substituents is 1. The Morgan fingerprint density at radius 3 is 2.63 bits per heavy atom. The van der Waals surface area contributed by atoms with Crippen LogP contribution in [0.2, 0.25) is 0 Å². The minimum Gasteiger partial charge on any atom is -0.508 e. The molecule has 2 N–H and O–H groups in total. The quantitative estimate of drug-likeness (QED) is 0.864. The van der Waals surface area contributed by atoms with Crippen molar-refractivity contribution in [1.82, 2.24) is 15.3 Å². The van der Waals surface area contributed by atoms with Gasteiger partial charge in [0.1, 0.15) is 5.75 Å². The third kappa shape index (κ3) is 3.51. The van der Waals surface area contributed by atoms with E-state index in [0.717, 1.165) is 23.4 Å². The lowest BCUT2D eigenvalue weighted by molar-refractivity contribution is 0.439. The number of nitrogens with zero attached hydrogens (tertiary/aromatic N) is 2. The number of rotatable bonds is 5. The second kappa shape index (κ2) is 6.29. The normalized spacial score (nSPS) is 12.3. The first-order chi connectivity index (χ1) is 9.20. The molecule has 1 aromatic heterocycles. The molecule has 0 aliphatic rings. The molecule has 0 saturated heterocycles. The molecular weight excluding hydrogens is 238 g/mol. The van der Waals surface area contributed by atoms with Gasteiger partial charge in [0.25, 0.3) is 0 Å². The molecule has 0 saturated carbocycles. The molecule has 0 fully saturated rings. The molecule has 2 rings (SSSR count). The Morgan fingerprint density at radius 2 is 2.00 bits per heavy atom. The van der Waals surface area contributed by atoms with E-state index in [1.54, 1.807) is 18.5 Å². The largest absolute Gasteiger partial charge is 0.508 e. The van der Waals surface area contributed by atoms with Crippen molar-refractivity contribution >= 4 is 0 Å². The summed E-state index contributed by atoms with van der Waals surface area (Å²) in [5.41, 5.74) is 2.74. The Kier molecular flexibility index (Phi) is 4.47. The van der Waals surface area contributed by atoms with Gasteiger partial charge in [0.15, 0.2) is 0 Å². The molecule has 0 aliphatic carbocycles. The molecule has 0 amide bonds. The molecule has 1 aromatic carbocycles. The van der Waals surface area contributed by atoms with E-state index < -0.39 is 0 Å². The van der Waals surface area contributed by atoms with Crippen molar-refractivity contribution in [2.75, 3.05) is 0 Å². The number of aromatic nitrogens is 2. The SMILES string of the molecule is CCC(NCc1cnc(C)cn1)c1ccccc1O. The highest BCUT2D eigenvalue weighted by atomic mass is 16.3. The lowest BCUT2D eigenvalue weighted by Gasteiger charge is -2.18. The van der Waals surface area contributed by atoms with E-state index in [-0.39, 0.29) is 6.04 Å². The molecule has 1 unspecified atom stereocenters. The zero-order valence-corrected chi connectivity index (χ0v) is 11.3. The van der Waals surface area contributed by atoms with Crippen LogP contribution in [0, 0.1) is 6.92 Å². The Bertz CT molecular complexity index is 525. The van der Waals surface area contributed by atoms with Gasteiger partial charge < -0.3 is 10.4 Å². The van der Waals surface area contributed by atoms with Gasteiger partial charge in [-0.05, 0) is 19.4 Å². The van der Waals surface area contributed by atoms with Gasteiger partial charge in [-0.15, -0.1) is 0 Å². The maximum atomic E-state index is 9.88. The summed E-state index contributed by atoms with van der Waals surface area (Å²) in [6.45, 7) is 4.64. The van der Waals surface area contributed by atoms with Crippen molar-refractivity contribution in [3.05, 3.63) is 53.6 Å². The Morgan fingerprint density at radius 1 is 1.21 bits per heavy atom. The van der Waals surface area contributed by atoms with Crippen LogP contribution in [0.4, 0.5) is 0 Å². The van der Waals surface area contributed by atoms with E-state index in [4.69, 9.17) is 0 Å². The highest BCUT2D eigenvalue weighted by molar-refractivity contribution is 5.34. The van der Waals surface area contributed by atoms with Crippen LogP contribution in [-0.4, -0.2) is 15.1 Å². The summed E-state index contributed by atoms with van der Waals surface area (Å²) in [7, 11) is 0. The number of hydrogen-bond donors (Lipinski definition) is 2. The summed E-state index contributed by atoms with van der Waals surface area (Å²) < 4.78 is 0. The van der Waals surface area contributed by atoms with E-state index in [0.29, 0.717) is 12.3 Å². The molecule has 19 heavy (non-hydrogen) atoms. The highest BCUT2D eigenvalue weighted by Crippen LogP contribution is 2.25. The van der Waals surface area contributed by atoms with Gasteiger partial charge in [0, 0.05) is 30.5 Å². The second-order valence-corrected chi connectivity index (χ2v) is 4.55. The smallest absolute Gasteiger partial charge is 0.120 e. The van der Waals surface area contributed by atoms with E-state index in [9.17, 15) is 5.11 Å². The van der Waals surface area contributed by atoms with Gasteiger partial charge in [-0.2, -0.15) is 0 Å². The number of aromatic hydroxyl groups is 1. The monoisotopic (exact) mass is 257 g/mol. The van der Waals surface area contributed by atoms with Crippen molar-refractivity contribution in [1.29, 1.82) is 0 Å². The van der Waals surface area contributed by atoms with E-state index in [1.165, 1.54) is 0 Å². The first-order valence-electron chi connectivity index (χ1n) is 6.49. The van der Waals surface area contributed by atoms with Gasteiger partial charge in [-0.3, -0.25) is 9.97 Å². The summed E-state index contributed by atoms with van der Waals surface area (Å²) in [5.74, 6) is 0.330. The third-order valence-electron chi connectivity index (χ3n) is 3.08. The number of nitrogens with one attached hydrogen (secondary N) is 1. The molecule has 100 valence electrons. The molecule has 0 aliphatic heterocycles. The van der Waals surface area contributed by atoms with Crippen molar-refractivity contribution in [3.8, 4) is 5.75 Å². The zero-order valence-electron chi connectivity index (χ0n) is 11.3. The molecule has 0 spiro atoms. The summed E-state index contributed by atoms with van der Waals surface area (Å²) in [6, 6.07) is 7.54. The summed E-state index contributed by atoms with van der Waals surface area (Å²) >= 11 is 0. The highest BCUT2D eigenvalue weighted by Gasteiger charge is 2.12. The van der Waals surface area contributed by atoms with Gasteiger partial charge in [-0.25, -0.2) is 0 Å². The molecule has 0 radical (unpaired) electrons. The lowest BCUT2D eigenvalue weighted by atomic mass is 10.0. The molecule has 2 aromatic rings. The third-order valence-corrected chi connectivity index (χ3v) is 3.08. The number of aryl methyl sites for hydroxylation is 1. The number of hydrogen-bond acceptors (Lipinski definition) is 4. The van der Waals surface area contributed by atoms with E-state index in [2.05, 4.69) is 22.2 Å². The van der Waals surface area contributed by atoms with Crippen molar-refractivity contribution in [3.63, 3.8) is 0 Å². The van der Waals surface area contributed by atoms with Crippen LogP contribution in [0.1, 0.15) is 36.3 Å². The van der Waals surface area contributed by atoms with Crippen LogP contribution < -0.4 is 5.32 Å². The van der Waals surface area contributed by atoms with Crippen molar-refractivity contribution in [2.24, 2.45) is 0 Å². The lowest BCUT2D eigenvalue weighted by Crippen LogP contribution is -2.21. The molecular formula is C15H19N3O. The van der Waals surface area contributed by atoms with Gasteiger partial charge in [0.2, 0.25) is 0 Å². The summed E-state index contributed by atoms with van der Waals surface area (Å²) in [5, 5.41) is 13.3. The van der Waals surface area contributed by atoms with E-state index >= 15 is 0 Å². The fourth-order valence-electron chi connectivity index (χ4n) is 1.99.